The molecule has 0 amide bonds. The van der Waals surface area contributed by atoms with E-state index in [4.69, 9.17) is 0 Å². The molecule has 0 rings (SSSR count). The summed E-state index contributed by atoms with van der Waals surface area (Å²) in [4.78, 5) is 0. The third kappa shape index (κ3) is 13.6. The van der Waals surface area contributed by atoms with E-state index >= 15 is 0 Å². The second kappa shape index (κ2) is 43.7. The van der Waals surface area contributed by atoms with Gasteiger partial charge in [-0.3, -0.25) is 0 Å². The molecular formula is C2H7OZr-. The Balaban J connectivity index is -0.00000000500. The summed E-state index contributed by atoms with van der Waals surface area (Å²) in [6.07, 6.45) is 0. The monoisotopic (exact) mass is 137 g/mol. The molecule has 0 saturated carbocycles. The molecular weight excluding hydrogens is 131 g/mol. The van der Waals surface area contributed by atoms with Gasteiger partial charge in [0.15, 0.2) is 0 Å². The first kappa shape index (κ1) is 21.1. The van der Waals surface area contributed by atoms with Gasteiger partial charge in [0.25, 0.3) is 0 Å². The van der Waals surface area contributed by atoms with Crippen LogP contribution in [0.3, 0.4) is 0 Å². The molecule has 26 valence electrons. The Kier molecular flexibility index (Phi) is 230. The molecule has 0 aliphatic rings. The molecule has 0 aromatic rings. The number of rotatable bonds is 0. The van der Waals surface area contributed by atoms with Crippen LogP contribution in [0.5, 0.6) is 0 Å². The van der Waals surface area contributed by atoms with Gasteiger partial charge in [0.2, 0.25) is 0 Å². The van der Waals surface area contributed by atoms with E-state index in [0.29, 0.717) is 0 Å². The van der Waals surface area contributed by atoms with E-state index in [1.54, 1.807) is 6.92 Å². The molecule has 4 heavy (non-hydrogen) atoms. The molecule has 2 N–H and O–H groups in total. The van der Waals surface area contributed by atoms with Crippen LogP contribution in [0.25, 0.3) is 0 Å². The molecule has 0 heterocycles. The summed E-state index contributed by atoms with van der Waals surface area (Å²) in [6, 6.07) is 0. The van der Waals surface area contributed by atoms with Gasteiger partial charge in [-0.2, -0.15) is 6.92 Å². The summed E-state index contributed by atoms with van der Waals surface area (Å²) in [5, 5.41) is 0. The van der Waals surface area contributed by atoms with Crippen molar-refractivity contribution in [1.82, 2.24) is 0 Å². The SMILES string of the molecule is O.[CH2-]C.[Zr]. The smallest absolute Gasteiger partial charge is 0 e. The van der Waals surface area contributed by atoms with Crippen molar-refractivity contribution in [3.63, 3.8) is 0 Å². The Morgan fingerprint density at radius 2 is 1.25 bits per heavy atom. The average molecular weight is 138 g/mol. The molecule has 0 bridgehead atoms. The van der Waals surface area contributed by atoms with Gasteiger partial charge in [0.1, 0.15) is 0 Å². The van der Waals surface area contributed by atoms with Crippen molar-refractivity contribution >= 4 is 0 Å². The zero-order valence-electron chi connectivity index (χ0n) is 2.71. The number of hydrogen-bond donors (Lipinski definition) is 0. The van der Waals surface area contributed by atoms with Crippen LogP contribution in [0.1, 0.15) is 6.92 Å². The van der Waals surface area contributed by atoms with E-state index in [-0.39, 0.29) is 31.7 Å². The molecule has 0 fully saturated rings. The van der Waals surface area contributed by atoms with Crippen LogP contribution in [0.2, 0.25) is 0 Å². The Bertz CT molecular complexity index is 6.00. The molecule has 0 aromatic heterocycles. The minimum atomic E-state index is 0. The van der Waals surface area contributed by atoms with Gasteiger partial charge in [-0.15, -0.1) is 0 Å². The Hall–Kier alpha value is 0.843. The second-order valence-electron chi connectivity index (χ2n) is 0. The van der Waals surface area contributed by atoms with Gasteiger partial charge in [-0.1, -0.05) is 0 Å². The summed E-state index contributed by atoms with van der Waals surface area (Å²) >= 11 is 0. The maximum atomic E-state index is 3.25. The van der Waals surface area contributed by atoms with Gasteiger partial charge in [0.05, 0.1) is 0 Å². The van der Waals surface area contributed by atoms with E-state index in [9.17, 15) is 0 Å². The first-order valence-corrected chi connectivity index (χ1v) is 0.707. The maximum Gasteiger partial charge on any atom is 0 e. The molecule has 0 atom stereocenters. The number of hydrogen-bond acceptors (Lipinski definition) is 0. The van der Waals surface area contributed by atoms with Crippen molar-refractivity contribution in [2.24, 2.45) is 0 Å². The van der Waals surface area contributed by atoms with E-state index in [1.807, 2.05) is 0 Å². The van der Waals surface area contributed by atoms with E-state index in [2.05, 4.69) is 6.92 Å². The molecule has 0 spiro atoms. The topological polar surface area (TPSA) is 31.5 Å². The van der Waals surface area contributed by atoms with Gasteiger partial charge in [-0.25, -0.2) is 0 Å². The van der Waals surface area contributed by atoms with Crippen LogP contribution in [0, 0.1) is 6.92 Å². The quantitative estimate of drug-likeness (QED) is 0.422. The third-order valence-corrected chi connectivity index (χ3v) is 0. The van der Waals surface area contributed by atoms with Crippen molar-refractivity contribution in [1.29, 1.82) is 0 Å². The van der Waals surface area contributed by atoms with E-state index < -0.39 is 0 Å². The fourth-order valence-electron chi connectivity index (χ4n) is 0. The largest absolute Gasteiger partial charge is 0.412 e. The molecule has 0 saturated heterocycles. The third-order valence-electron chi connectivity index (χ3n) is 0. The Labute approximate surface area is 45.8 Å². The van der Waals surface area contributed by atoms with Crippen LogP contribution >= 0.6 is 0 Å². The van der Waals surface area contributed by atoms with E-state index in [0.717, 1.165) is 0 Å². The predicted octanol–water partition coefficient (Wildman–Crippen LogP) is 0.0132. The molecule has 0 aliphatic heterocycles. The molecule has 0 radical (unpaired) electrons. The zero-order valence-corrected chi connectivity index (χ0v) is 5.17. The van der Waals surface area contributed by atoms with Gasteiger partial charge in [-0.05, 0) is 0 Å². The Morgan fingerprint density at radius 1 is 1.25 bits per heavy atom. The van der Waals surface area contributed by atoms with Crippen LogP contribution in [-0.4, -0.2) is 5.48 Å². The van der Waals surface area contributed by atoms with E-state index in [1.165, 1.54) is 0 Å². The Morgan fingerprint density at radius 3 is 1.25 bits per heavy atom. The van der Waals surface area contributed by atoms with Crippen LogP contribution in [0.4, 0.5) is 0 Å². The fraction of sp³-hybridized carbons (Fsp3) is 0.500. The molecule has 1 nitrogen and oxygen atoms in total. The van der Waals surface area contributed by atoms with Crippen LogP contribution < -0.4 is 0 Å². The maximum absolute atomic E-state index is 3.25. The molecule has 2 heteroatoms. The first-order valence-electron chi connectivity index (χ1n) is 0.707. The zero-order chi connectivity index (χ0) is 2.00. The van der Waals surface area contributed by atoms with Crippen molar-refractivity contribution in [3.8, 4) is 0 Å². The minimum absolute atomic E-state index is 0. The standard InChI is InChI=1S/C2H5.H2O.Zr/c1-2;;/h1H2,2H3;1H2;/q-1;;. The first-order chi connectivity index (χ1) is 1.00. The van der Waals surface area contributed by atoms with Crippen LogP contribution in [-0.2, 0) is 26.2 Å². The summed E-state index contributed by atoms with van der Waals surface area (Å²) in [7, 11) is 0. The second-order valence-corrected chi connectivity index (χ2v) is 0. The normalized spacial score (nSPS) is 1.50. The van der Waals surface area contributed by atoms with Gasteiger partial charge < -0.3 is 12.4 Å². The summed E-state index contributed by atoms with van der Waals surface area (Å²) in [6.45, 7) is 5.00. The predicted molar refractivity (Wildman–Crippen MR) is 14.6 cm³/mol. The molecule has 0 aliphatic carbocycles. The van der Waals surface area contributed by atoms with Crippen molar-refractivity contribution < 1.29 is 31.7 Å². The van der Waals surface area contributed by atoms with Gasteiger partial charge in [0, 0.05) is 26.2 Å². The van der Waals surface area contributed by atoms with Crippen molar-refractivity contribution in [2.45, 2.75) is 6.92 Å². The summed E-state index contributed by atoms with van der Waals surface area (Å²) < 4.78 is 0. The summed E-state index contributed by atoms with van der Waals surface area (Å²) in [5.41, 5.74) is 0. The van der Waals surface area contributed by atoms with Crippen molar-refractivity contribution in [2.75, 3.05) is 0 Å². The van der Waals surface area contributed by atoms with Gasteiger partial charge >= 0.3 is 0 Å². The average Bonchev–Trinajstić information content (AvgIpc) is 1.00. The van der Waals surface area contributed by atoms with Crippen molar-refractivity contribution in [3.05, 3.63) is 6.92 Å². The minimum Gasteiger partial charge on any atom is -0.412 e. The van der Waals surface area contributed by atoms with Crippen LogP contribution in [0.15, 0.2) is 0 Å². The fourth-order valence-corrected chi connectivity index (χ4v) is 0. The molecule has 0 unspecified atom stereocenters. The summed E-state index contributed by atoms with van der Waals surface area (Å²) in [5.74, 6) is 0. The molecule has 0 aromatic carbocycles.